The molecular formula is C27H21Cl2N5O2. The number of halogens is 2. The van der Waals surface area contributed by atoms with Crippen LogP contribution in [0.4, 0.5) is 0 Å². The highest BCUT2D eigenvalue weighted by Crippen LogP contribution is 2.47. The molecule has 6 rings (SSSR count). The molecule has 7 nitrogen and oxygen atoms in total. The lowest BCUT2D eigenvalue weighted by atomic mass is 9.93. The molecule has 2 bridgehead atoms. The Bertz CT molecular complexity index is 1550. The number of nitrogens with one attached hydrogen (secondary N) is 1. The smallest absolute Gasteiger partial charge is 0.273 e. The molecule has 0 unspecified atom stereocenters. The summed E-state index contributed by atoms with van der Waals surface area (Å²) in [6.45, 7) is 0. The molecule has 2 fully saturated rings. The summed E-state index contributed by atoms with van der Waals surface area (Å²) in [4.78, 5) is 17.9. The summed E-state index contributed by atoms with van der Waals surface area (Å²) >= 11 is 12.6. The summed E-state index contributed by atoms with van der Waals surface area (Å²) < 4.78 is 7.50. The zero-order valence-electron chi connectivity index (χ0n) is 19.2. The van der Waals surface area contributed by atoms with E-state index in [-0.39, 0.29) is 28.6 Å². The number of nitrogens with zero attached hydrogens (tertiary/aromatic N) is 4. The minimum atomic E-state index is -0.394. The zero-order chi connectivity index (χ0) is 24.9. The average Bonchev–Trinajstić information content (AvgIpc) is 3.57. The van der Waals surface area contributed by atoms with E-state index in [0.717, 1.165) is 42.9 Å². The minimum absolute atomic E-state index is 0.0102. The van der Waals surface area contributed by atoms with Gasteiger partial charge in [0.15, 0.2) is 5.69 Å². The van der Waals surface area contributed by atoms with Crippen molar-refractivity contribution in [2.24, 2.45) is 5.92 Å². The number of pyridine rings is 1. The van der Waals surface area contributed by atoms with E-state index >= 15 is 0 Å². The molecule has 2 aliphatic carbocycles. The van der Waals surface area contributed by atoms with Crippen LogP contribution in [0.15, 0.2) is 54.7 Å². The Labute approximate surface area is 217 Å². The van der Waals surface area contributed by atoms with Gasteiger partial charge in [-0.3, -0.25) is 4.79 Å². The molecule has 2 heterocycles. The molecule has 0 aliphatic heterocycles. The molecule has 1 amide bonds. The first-order chi connectivity index (χ1) is 17.4. The molecule has 180 valence electrons. The van der Waals surface area contributed by atoms with Crippen molar-refractivity contribution in [3.63, 3.8) is 0 Å². The first-order valence-electron chi connectivity index (χ1n) is 11.8. The number of nitriles is 1. The number of carbonyl (C=O) groups excluding carboxylic acids is 1. The molecule has 2 aliphatic rings. The van der Waals surface area contributed by atoms with Gasteiger partial charge in [0.1, 0.15) is 11.6 Å². The van der Waals surface area contributed by atoms with Crippen molar-refractivity contribution in [3.8, 4) is 23.5 Å². The standard InChI is InChI=1S/C27H21Cl2N5O2/c28-19-5-6-22(21(29)12-19)34-26(36-23-11-17-3-1-2-4-18(17)15-31-23)20(14-30)24(33-34)25(35)32-27-9-7-16(13-27)8-10-27/h1-6,11-12,15-16H,7-10,13H2,(H,32,35). The third-order valence-electron chi connectivity index (χ3n) is 7.24. The summed E-state index contributed by atoms with van der Waals surface area (Å²) in [7, 11) is 0. The summed E-state index contributed by atoms with van der Waals surface area (Å²) in [6.07, 6.45) is 6.77. The van der Waals surface area contributed by atoms with Crippen molar-refractivity contribution in [1.82, 2.24) is 20.1 Å². The van der Waals surface area contributed by atoms with Gasteiger partial charge < -0.3 is 10.1 Å². The van der Waals surface area contributed by atoms with Gasteiger partial charge in [-0.05, 0) is 61.6 Å². The Morgan fingerprint density at radius 3 is 2.61 bits per heavy atom. The second-order valence-corrected chi connectivity index (χ2v) is 10.3. The molecule has 2 saturated carbocycles. The Morgan fingerprint density at radius 1 is 1.14 bits per heavy atom. The van der Waals surface area contributed by atoms with Crippen LogP contribution in [-0.4, -0.2) is 26.2 Å². The van der Waals surface area contributed by atoms with Gasteiger partial charge in [0.05, 0.1) is 10.7 Å². The van der Waals surface area contributed by atoms with Crippen LogP contribution in [0, 0.1) is 17.2 Å². The number of amides is 1. The molecule has 0 spiro atoms. The molecule has 2 aromatic heterocycles. The van der Waals surface area contributed by atoms with Crippen LogP contribution in [0.2, 0.25) is 10.0 Å². The monoisotopic (exact) mass is 517 g/mol. The van der Waals surface area contributed by atoms with Gasteiger partial charge in [-0.15, -0.1) is 0 Å². The maximum absolute atomic E-state index is 13.5. The topological polar surface area (TPSA) is 92.8 Å². The highest BCUT2D eigenvalue weighted by Gasteiger charge is 2.46. The maximum Gasteiger partial charge on any atom is 0.273 e. The van der Waals surface area contributed by atoms with Crippen LogP contribution in [0.5, 0.6) is 11.8 Å². The molecule has 4 aromatic rings. The van der Waals surface area contributed by atoms with E-state index in [1.807, 2.05) is 24.3 Å². The van der Waals surface area contributed by atoms with E-state index < -0.39 is 5.91 Å². The average molecular weight is 518 g/mol. The summed E-state index contributed by atoms with van der Waals surface area (Å²) in [5.41, 5.74) is 0.200. The van der Waals surface area contributed by atoms with Crippen LogP contribution in [0.25, 0.3) is 16.5 Å². The van der Waals surface area contributed by atoms with Gasteiger partial charge in [0.2, 0.25) is 11.8 Å². The summed E-state index contributed by atoms with van der Waals surface area (Å²) in [5, 5.41) is 20.5. The number of benzene rings is 2. The first-order valence-corrected chi connectivity index (χ1v) is 12.5. The molecule has 0 atom stereocenters. The zero-order valence-corrected chi connectivity index (χ0v) is 20.7. The van der Waals surface area contributed by atoms with E-state index in [4.69, 9.17) is 27.9 Å². The lowest BCUT2D eigenvalue weighted by Gasteiger charge is -2.27. The molecule has 2 aromatic carbocycles. The Balaban J connectivity index is 1.45. The van der Waals surface area contributed by atoms with Crippen molar-refractivity contribution in [1.29, 1.82) is 5.26 Å². The van der Waals surface area contributed by atoms with Crippen molar-refractivity contribution < 1.29 is 9.53 Å². The minimum Gasteiger partial charge on any atom is -0.419 e. The lowest BCUT2D eigenvalue weighted by molar-refractivity contribution is 0.0895. The third kappa shape index (κ3) is 3.97. The van der Waals surface area contributed by atoms with Gasteiger partial charge in [-0.1, -0.05) is 47.5 Å². The van der Waals surface area contributed by atoms with Gasteiger partial charge >= 0.3 is 0 Å². The Hall–Kier alpha value is -3.60. The first kappa shape index (κ1) is 22.8. The molecule has 9 heteroatoms. The fourth-order valence-electron chi connectivity index (χ4n) is 5.46. The van der Waals surface area contributed by atoms with E-state index in [9.17, 15) is 10.1 Å². The highest BCUT2D eigenvalue weighted by molar-refractivity contribution is 6.35. The van der Waals surface area contributed by atoms with Gasteiger partial charge in [-0.2, -0.15) is 15.0 Å². The molecule has 1 N–H and O–H groups in total. The van der Waals surface area contributed by atoms with E-state index in [0.29, 0.717) is 21.7 Å². The third-order valence-corrected chi connectivity index (χ3v) is 7.77. The van der Waals surface area contributed by atoms with Gasteiger partial charge in [0, 0.05) is 28.2 Å². The molecule has 0 radical (unpaired) electrons. The SMILES string of the molecule is N#Cc1c(C(=O)NC23CCC(CC2)C3)nn(-c2ccc(Cl)cc2Cl)c1Oc1cc2ccccc2cn1. The number of aromatic nitrogens is 3. The van der Waals surface area contributed by atoms with Crippen LogP contribution < -0.4 is 10.1 Å². The number of rotatable bonds is 5. The van der Waals surface area contributed by atoms with Crippen LogP contribution in [0.1, 0.15) is 48.2 Å². The molecular weight excluding hydrogens is 497 g/mol. The number of hydrogen-bond donors (Lipinski definition) is 1. The van der Waals surface area contributed by atoms with Crippen LogP contribution in [-0.2, 0) is 0 Å². The van der Waals surface area contributed by atoms with Gasteiger partial charge in [-0.25, -0.2) is 4.98 Å². The fourth-order valence-corrected chi connectivity index (χ4v) is 5.95. The van der Waals surface area contributed by atoms with Crippen LogP contribution >= 0.6 is 23.2 Å². The van der Waals surface area contributed by atoms with Crippen molar-refractivity contribution >= 4 is 39.9 Å². The highest BCUT2D eigenvalue weighted by atomic mass is 35.5. The van der Waals surface area contributed by atoms with E-state index in [2.05, 4.69) is 21.5 Å². The fraction of sp³-hybridized carbons (Fsp3) is 0.259. The summed E-state index contributed by atoms with van der Waals surface area (Å²) in [6, 6.07) is 16.5. The number of carbonyl (C=O) groups is 1. The number of hydrogen-bond acceptors (Lipinski definition) is 5. The van der Waals surface area contributed by atoms with Crippen molar-refractivity contribution in [3.05, 3.63) is 76.0 Å². The summed E-state index contributed by atoms with van der Waals surface area (Å²) in [5.74, 6) is 0.581. The second-order valence-electron chi connectivity index (χ2n) is 9.50. The number of fused-ring (bicyclic) bond motifs is 3. The quantitative estimate of drug-likeness (QED) is 0.328. The maximum atomic E-state index is 13.5. The predicted molar refractivity (Wildman–Crippen MR) is 137 cm³/mol. The van der Waals surface area contributed by atoms with Crippen molar-refractivity contribution in [2.75, 3.05) is 0 Å². The lowest BCUT2D eigenvalue weighted by Crippen LogP contribution is -2.45. The van der Waals surface area contributed by atoms with E-state index in [1.165, 1.54) is 4.68 Å². The molecule has 0 saturated heterocycles. The Kier molecular flexibility index (Phi) is 5.59. The largest absolute Gasteiger partial charge is 0.419 e. The normalized spacial score (nSPS) is 20.4. The molecule has 36 heavy (non-hydrogen) atoms. The Morgan fingerprint density at radius 2 is 1.92 bits per heavy atom. The number of ether oxygens (including phenoxy) is 1. The van der Waals surface area contributed by atoms with E-state index in [1.54, 1.807) is 30.5 Å². The van der Waals surface area contributed by atoms with Crippen molar-refractivity contribution in [2.45, 2.75) is 37.6 Å². The predicted octanol–water partition coefficient (Wildman–Crippen LogP) is 6.45. The van der Waals surface area contributed by atoms with Gasteiger partial charge in [0.25, 0.3) is 5.91 Å². The van der Waals surface area contributed by atoms with Crippen LogP contribution in [0.3, 0.4) is 0 Å². The second kappa shape index (κ2) is 8.81.